The van der Waals surface area contributed by atoms with Crippen LogP contribution >= 0.6 is 11.3 Å². The Kier molecular flexibility index (Phi) is 2.93. The molecule has 0 amide bonds. The lowest BCUT2D eigenvalue weighted by atomic mass is 10.2. The summed E-state index contributed by atoms with van der Waals surface area (Å²) >= 11 is 1.45. The van der Waals surface area contributed by atoms with Crippen molar-refractivity contribution < 1.29 is 8.78 Å². The number of hydrogen-bond donors (Lipinski definition) is 0. The summed E-state index contributed by atoms with van der Waals surface area (Å²) in [6.45, 7) is 1.84. The smallest absolute Gasteiger partial charge is 0.239 e. The minimum absolute atomic E-state index is 0.0525. The molecule has 4 heteroatoms. The van der Waals surface area contributed by atoms with E-state index in [1.807, 2.05) is 6.92 Å². The molecule has 1 rings (SSSR count). The van der Waals surface area contributed by atoms with Crippen molar-refractivity contribution in [2.75, 3.05) is 0 Å². The van der Waals surface area contributed by atoms with E-state index in [2.05, 4.69) is 4.98 Å². The van der Waals surface area contributed by atoms with Crippen LogP contribution in [0.1, 0.15) is 17.0 Å². The van der Waals surface area contributed by atoms with Crippen LogP contribution in [-0.4, -0.2) is 11.4 Å². The minimum Gasteiger partial charge on any atom is -0.250 e. The van der Waals surface area contributed by atoms with Crippen molar-refractivity contribution in [3.63, 3.8) is 0 Å². The normalized spacial score (nSPS) is 10.9. The third kappa shape index (κ3) is 2.54. The zero-order valence-electron chi connectivity index (χ0n) is 6.18. The third-order valence-corrected chi connectivity index (χ3v) is 2.43. The number of alkyl halides is 2. The Morgan fingerprint density at radius 3 is 2.82 bits per heavy atom. The van der Waals surface area contributed by atoms with Gasteiger partial charge < -0.3 is 0 Å². The van der Waals surface area contributed by atoms with Gasteiger partial charge in [0.2, 0.25) is 6.43 Å². The van der Waals surface area contributed by atoms with Crippen LogP contribution in [0.15, 0.2) is 5.51 Å². The molecule has 0 aromatic carbocycles. The van der Waals surface area contributed by atoms with Crippen molar-refractivity contribution in [3.8, 4) is 0 Å². The molecule has 0 fully saturated rings. The average Bonchev–Trinajstić information content (AvgIpc) is 2.31. The van der Waals surface area contributed by atoms with E-state index in [9.17, 15) is 8.78 Å². The Bertz CT molecular complexity index is 222. The highest BCUT2D eigenvalue weighted by atomic mass is 32.1. The van der Waals surface area contributed by atoms with Gasteiger partial charge in [-0.25, -0.2) is 13.8 Å². The molecule has 0 bridgehead atoms. The van der Waals surface area contributed by atoms with Crippen molar-refractivity contribution in [2.24, 2.45) is 0 Å². The molecule has 0 radical (unpaired) electrons. The zero-order chi connectivity index (χ0) is 8.27. The molecule has 0 N–H and O–H groups in total. The largest absolute Gasteiger partial charge is 0.250 e. The highest BCUT2D eigenvalue weighted by molar-refractivity contribution is 7.09. The molecule has 0 unspecified atom stereocenters. The first-order valence-electron chi connectivity index (χ1n) is 3.37. The van der Waals surface area contributed by atoms with Gasteiger partial charge >= 0.3 is 0 Å². The van der Waals surface area contributed by atoms with Crippen LogP contribution in [0.4, 0.5) is 8.78 Å². The predicted octanol–water partition coefficient (Wildman–Crippen LogP) is 2.65. The summed E-state index contributed by atoms with van der Waals surface area (Å²) < 4.78 is 23.5. The van der Waals surface area contributed by atoms with Crippen LogP contribution in [0.2, 0.25) is 0 Å². The molecule has 1 nitrogen and oxygen atoms in total. The van der Waals surface area contributed by atoms with Gasteiger partial charge in [-0.1, -0.05) is 0 Å². The maximum Gasteiger partial charge on any atom is 0.239 e. The van der Waals surface area contributed by atoms with Gasteiger partial charge in [-0.15, -0.1) is 11.3 Å². The fourth-order valence-electron chi connectivity index (χ4n) is 0.806. The quantitative estimate of drug-likeness (QED) is 0.691. The summed E-state index contributed by atoms with van der Waals surface area (Å²) in [5.41, 5.74) is 2.58. The molecule has 1 aromatic rings. The average molecular weight is 177 g/mol. The monoisotopic (exact) mass is 177 g/mol. The Labute approximate surface area is 68.1 Å². The molecular weight excluding hydrogens is 168 g/mol. The standard InChI is InChI=1S/C7H9F2NS/c1-5-6(11-4-10-5)2-3-7(8)9/h4,7H,2-3H2,1H3. The summed E-state index contributed by atoms with van der Waals surface area (Å²) in [7, 11) is 0. The van der Waals surface area contributed by atoms with Gasteiger partial charge in [0, 0.05) is 11.3 Å². The molecule has 0 aliphatic heterocycles. The van der Waals surface area contributed by atoms with Crippen molar-refractivity contribution in [1.82, 2.24) is 4.98 Å². The number of nitrogens with zero attached hydrogens (tertiary/aromatic N) is 1. The Hall–Kier alpha value is -0.510. The lowest BCUT2D eigenvalue weighted by Gasteiger charge is -1.96. The number of hydrogen-bond acceptors (Lipinski definition) is 2. The van der Waals surface area contributed by atoms with Crippen LogP contribution < -0.4 is 0 Å². The maximum absolute atomic E-state index is 11.7. The molecule has 0 spiro atoms. The number of aryl methyl sites for hydroxylation is 2. The van der Waals surface area contributed by atoms with Crippen molar-refractivity contribution in [2.45, 2.75) is 26.2 Å². The second-order valence-corrected chi connectivity index (χ2v) is 3.23. The zero-order valence-corrected chi connectivity index (χ0v) is 7.00. The highest BCUT2D eigenvalue weighted by Gasteiger charge is 2.06. The molecule has 11 heavy (non-hydrogen) atoms. The van der Waals surface area contributed by atoms with E-state index in [0.717, 1.165) is 10.6 Å². The number of rotatable bonds is 3. The third-order valence-electron chi connectivity index (χ3n) is 1.43. The SMILES string of the molecule is Cc1ncsc1CCC(F)F. The summed E-state index contributed by atoms with van der Waals surface area (Å²) in [6, 6.07) is 0. The molecule has 62 valence electrons. The van der Waals surface area contributed by atoms with E-state index in [1.54, 1.807) is 5.51 Å². The van der Waals surface area contributed by atoms with Gasteiger partial charge in [-0.2, -0.15) is 0 Å². The van der Waals surface area contributed by atoms with Gasteiger partial charge in [-0.3, -0.25) is 0 Å². The van der Waals surface area contributed by atoms with Gasteiger partial charge in [-0.05, 0) is 13.3 Å². The number of halogens is 2. The summed E-state index contributed by atoms with van der Waals surface area (Å²) in [6.07, 6.45) is -1.80. The van der Waals surface area contributed by atoms with E-state index in [4.69, 9.17) is 0 Å². The Morgan fingerprint density at radius 1 is 1.64 bits per heavy atom. The Morgan fingerprint density at radius 2 is 2.36 bits per heavy atom. The summed E-state index contributed by atoms with van der Waals surface area (Å²) in [5, 5.41) is 0. The fourth-order valence-corrected chi connectivity index (χ4v) is 1.60. The van der Waals surface area contributed by atoms with E-state index >= 15 is 0 Å². The first kappa shape index (κ1) is 8.59. The number of aromatic nitrogens is 1. The highest BCUT2D eigenvalue weighted by Crippen LogP contribution is 2.16. The molecule has 0 atom stereocenters. The van der Waals surface area contributed by atoms with E-state index in [1.165, 1.54) is 11.3 Å². The predicted molar refractivity (Wildman–Crippen MR) is 41.2 cm³/mol. The van der Waals surface area contributed by atoms with Crippen LogP contribution in [0.25, 0.3) is 0 Å². The summed E-state index contributed by atoms with van der Waals surface area (Å²) in [5.74, 6) is 0. The minimum atomic E-state index is -2.20. The first-order chi connectivity index (χ1) is 5.20. The van der Waals surface area contributed by atoms with Gasteiger partial charge in [0.05, 0.1) is 11.2 Å². The molecule has 0 aliphatic rings. The number of thiazole rings is 1. The first-order valence-corrected chi connectivity index (χ1v) is 4.25. The van der Waals surface area contributed by atoms with E-state index in [0.29, 0.717) is 6.42 Å². The lowest BCUT2D eigenvalue weighted by Crippen LogP contribution is -1.93. The van der Waals surface area contributed by atoms with Crippen LogP contribution in [-0.2, 0) is 6.42 Å². The van der Waals surface area contributed by atoms with Crippen LogP contribution in [0.3, 0.4) is 0 Å². The molecule has 0 saturated carbocycles. The van der Waals surface area contributed by atoms with Crippen molar-refractivity contribution >= 4 is 11.3 Å². The molecule has 0 saturated heterocycles. The lowest BCUT2D eigenvalue weighted by molar-refractivity contribution is 0.138. The molecule has 1 heterocycles. The molecule has 1 aromatic heterocycles. The fraction of sp³-hybridized carbons (Fsp3) is 0.571. The topological polar surface area (TPSA) is 12.9 Å². The van der Waals surface area contributed by atoms with Crippen molar-refractivity contribution in [3.05, 3.63) is 16.1 Å². The molecule has 0 aliphatic carbocycles. The summed E-state index contributed by atoms with van der Waals surface area (Å²) in [4.78, 5) is 4.95. The van der Waals surface area contributed by atoms with E-state index < -0.39 is 6.43 Å². The van der Waals surface area contributed by atoms with Crippen LogP contribution in [0.5, 0.6) is 0 Å². The van der Waals surface area contributed by atoms with Crippen molar-refractivity contribution in [1.29, 1.82) is 0 Å². The van der Waals surface area contributed by atoms with E-state index in [-0.39, 0.29) is 6.42 Å². The Balaban J connectivity index is 2.44. The van der Waals surface area contributed by atoms with Gasteiger partial charge in [0.15, 0.2) is 0 Å². The second kappa shape index (κ2) is 3.76. The van der Waals surface area contributed by atoms with Crippen LogP contribution in [0, 0.1) is 6.92 Å². The maximum atomic E-state index is 11.7. The second-order valence-electron chi connectivity index (χ2n) is 2.29. The van der Waals surface area contributed by atoms with Gasteiger partial charge in [0.25, 0.3) is 0 Å². The van der Waals surface area contributed by atoms with Gasteiger partial charge in [0.1, 0.15) is 0 Å². The molecular formula is C7H9F2NS.